The number of rotatable bonds is 2. The van der Waals surface area contributed by atoms with Gasteiger partial charge in [-0.2, -0.15) is 10.1 Å². The zero-order valence-electron chi connectivity index (χ0n) is 7.81. The van der Waals surface area contributed by atoms with Crippen molar-refractivity contribution >= 4 is 5.69 Å². The number of aromatic nitrogens is 4. The number of nitrogens with zero attached hydrogens (tertiary/aromatic N) is 5. The van der Waals surface area contributed by atoms with Gasteiger partial charge < -0.3 is 5.11 Å². The van der Waals surface area contributed by atoms with E-state index in [1.54, 1.807) is 12.1 Å². The normalized spacial score (nSPS) is 10.0. The van der Waals surface area contributed by atoms with Gasteiger partial charge in [0.2, 0.25) is 0 Å². The van der Waals surface area contributed by atoms with Gasteiger partial charge in [-0.25, -0.2) is 4.98 Å². The monoisotopic (exact) mass is 219 g/mol. The van der Waals surface area contributed by atoms with Crippen LogP contribution in [0.25, 0.3) is 11.5 Å². The Balaban J connectivity index is 2.46. The first-order valence-corrected chi connectivity index (χ1v) is 4.17. The Hall–Kier alpha value is -2.64. The minimum absolute atomic E-state index is 0.0798. The molecule has 0 radical (unpaired) electrons. The molecular formula is C8H5N5O3. The second-order valence-electron chi connectivity index (χ2n) is 2.77. The predicted octanol–water partition coefficient (Wildman–Crippen LogP) is 0.547. The van der Waals surface area contributed by atoms with Crippen LogP contribution in [0.3, 0.4) is 0 Å². The summed E-state index contributed by atoms with van der Waals surface area (Å²) in [4.78, 5) is 16.9. The summed E-state index contributed by atoms with van der Waals surface area (Å²) in [6.07, 6.45) is 2.39. The quantitative estimate of drug-likeness (QED) is 0.579. The van der Waals surface area contributed by atoms with Crippen molar-refractivity contribution in [2.45, 2.75) is 0 Å². The Morgan fingerprint density at radius 2 is 2.25 bits per heavy atom. The molecule has 0 bridgehead atoms. The van der Waals surface area contributed by atoms with E-state index in [1.807, 2.05) is 0 Å². The molecule has 0 aliphatic heterocycles. The van der Waals surface area contributed by atoms with E-state index in [0.717, 1.165) is 6.20 Å². The average Bonchev–Trinajstić information content (AvgIpc) is 2.29. The molecule has 1 N–H and O–H groups in total. The van der Waals surface area contributed by atoms with E-state index in [9.17, 15) is 15.2 Å². The molecule has 2 rings (SSSR count). The molecular weight excluding hydrogens is 214 g/mol. The standard InChI is InChI=1S/C8H5N5O3/c14-8-6(13(15)16)4-9-7(11-8)5-2-1-3-10-12-5/h1-4H,(H,9,11,14). The summed E-state index contributed by atoms with van der Waals surface area (Å²) >= 11 is 0. The molecule has 0 unspecified atom stereocenters. The van der Waals surface area contributed by atoms with Gasteiger partial charge in [0.1, 0.15) is 11.9 Å². The second kappa shape index (κ2) is 3.85. The average molecular weight is 219 g/mol. The van der Waals surface area contributed by atoms with Crippen molar-refractivity contribution in [2.75, 3.05) is 0 Å². The lowest BCUT2D eigenvalue weighted by Crippen LogP contribution is -1.96. The first-order valence-electron chi connectivity index (χ1n) is 4.17. The highest BCUT2D eigenvalue weighted by Gasteiger charge is 2.17. The lowest BCUT2D eigenvalue weighted by Gasteiger charge is -1.98. The van der Waals surface area contributed by atoms with Gasteiger partial charge in [0.15, 0.2) is 5.82 Å². The third-order valence-electron chi connectivity index (χ3n) is 1.75. The molecule has 2 aromatic heterocycles. The highest BCUT2D eigenvalue weighted by molar-refractivity contribution is 5.51. The topological polar surface area (TPSA) is 115 Å². The molecule has 2 aromatic rings. The van der Waals surface area contributed by atoms with Gasteiger partial charge in [0, 0.05) is 6.20 Å². The first-order chi connectivity index (χ1) is 7.68. The zero-order chi connectivity index (χ0) is 11.5. The number of nitro groups is 1. The summed E-state index contributed by atoms with van der Waals surface area (Å²) < 4.78 is 0. The predicted molar refractivity (Wildman–Crippen MR) is 51.4 cm³/mol. The van der Waals surface area contributed by atoms with Crippen molar-refractivity contribution in [1.29, 1.82) is 0 Å². The van der Waals surface area contributed by atoms with Gasteiger partial charge in [0.25, 0.3) is 5.88 Å². The SMILES string of the molecule is O=[N+]([O-])c1cnc(-c2cccnn2)nc1O. The lowest BCUT2D eigenvalue weighted by molar-refractivity contribution is -0.386. The van der Waals surface area contributed by atoms with Crippen LogP contribution in [0.1, 0.15) is 0 Å². The maximum atomic E-state index is 10.4. The fourth-order valence-corrected chi connectivity index (χ4v) is 1.04. The molecule has 0 aliphatic carbocycles. The number of hydrogen-bond acceptors (Lipinski definition) is 7. The molecule has 0 atom stereocenters. The van der Waals surface area contributed by atoms with Crippen molar-refractivity contribution in [3.05, 3.63) is 34.6 Å². The smallest absolute Gasteiger partial charge is 0.348 e. The van der Waals surface area contributed by atoms with E-state index < -0.39 is 16.5 Å². The molecule has 0 aromatic carbocycles. The van der Waals surface area contributed by atoms with Crippen LogP contribution in [0.2, 0.25) is 0 Å². The zero-order valence-corrected chi connectivity index (χ0v) is 7.81. The van der Waals surface area contributed by atoms with Crippen molar-refractivity contribution < 1.29 is 10.0 Å². The number of hydrogen-bond donors (Lipinski definition) is 1. The molecule has 0 saturated carbocycles. The highest BCUT2D eigenvalue weighted by atomic mass is 16.6. The highest BCUT2D eigenvalue weighted by Crippen LogP contribution is 2.23. The molecule has 0 spiro atoms. The van der Waals surface area contributed by atoms with E-state index in [4.69, 9.17) is 0 Å². The van der Waals surface area contributed by atoms with Crippen molar-refractivity contribution in [3.63, 3.8) is 0 Å². The van der Waals surface area contributed by atoms with Crippen molar-refractivity contribution in [1.82, 2.24) is 20.2 Å². The Labute approximate surface area is 88.8 Å². The lowest BCUT2D eigenvalue weighted by atomic mass is 10.3. The van der Waals surface area contributed by atoms with E-state index in [0.29, 0.717) is 5.69 Å². The maximum Gasteiger partial charge on any atom is 0.348 e. The van der Waals surface area contributed by atoms with Crippen LogP contribution in [0.15, 0.2) is 24.5 Å². The summed E-state index contributed by atoms with van der Waals surface area (Å²) in [6, 6.07) is 3.19. The minimum atomic E-state index is -0.768. The van der Waals surface area contributed by atoms with Crippen LogP contribution in [0, 0.1) is 10.1 Å². The summed E-state index contributed by atoms with van der Waals surface area (Å²) in [5.41, 5.74) is -0.222. The fraction of sp³-hybridized carbons (Fsp3) is 0. The first kappa shape index (κ1) is 9.90. The van der Waals surface area contributed by atoms with Crippen LogP contribution in [-0.2, 0) is 0 Å². The van der Waals surface area contributed by atoms with Gasteiger partial charge in [-0.15, -0.1) is 5.10 Å². The second-order valence-corrected chi connectivity index (χ2v) is 2.77. The Morgan fingerprint density at radius 3 is 2.81 bits per heavy atom. The van der Waals surface area contributed by atoms with E-state index in [2.05, 4.69) is 20.2 Å². The summed E-state index contributed by atoms with van der Waals surface area (Å²) in [5.74, 6) is -0.614. The van der Waals surface area contributed by atoms with Crippen molar-refractivity contribution in [3.8, 4) is 17.4 Å². The van der Waals surface area contributed by atoms with Crippen LogP contribution < -0.4 is 0 Å². The van der Waals surface area contributed by atoms with E-state index in [1.165, 1.54) is 6.20 Å². The summed E-state index contributed by atoms with van der Waals surface area (Å²) in [6.45, 7) is 0. The molecule has 0 amide bonds. The number of aromatic hydroxyl groups is 1. The fourth-order valence-electron chi connectivity index (χ4n) is 1.04. The molecule has 2 heterocycles. The third kappa shape index (κ3) is 1.75. The van der Waals surface area contributed by atoms with Gasteiger partial charge in [-0.1, -0.05) is 0 Å². The van der Waals surface area contributed by atoms with Crippen LogP contribution in [-0.4, -0.2) is 30.2 Å². The van der Waals surface area contributed by atoms with Gasteiger partial charge >= 0.3 is 5.69 Å². The van der Waals surface area contributed by atoms with Crippen LogP contribution >= 0.6 is 0 Å². The minimum Gasteiger partial charge on any atom is -0.488 e. The molecule has 0 saturated heterocycles. The molecule has 0 aliphatic rings. The van der Waals surface area contributed by atoms with Gasteiger partial charge in [0.05, 0.1) is 4.92 Å². The summed E-state index contributed by atoms with van der Waals surface area (Å²) in [7, 11) is 0. The molecule has 0 fully saturated rings. The van der Waals surface area contributed by atoms with Crippen LogP contribution in [0.4, 0.5) is 5.69 Å². The molecule has 80 valence electrons. The maximum absolute atomic E-state index is 10.4. The van der Waals surface area contributed by atoms with Gasteiger partial charge in [-0.3, -0.25) is 10.1 Å². The molecule has 8 heteroatoms. The van der Waals surface area contributed by atoms with Crippen molar-refractivity contribution in [2.24, 2.45) is 0 Å². The molecule has 8 nitrogen and oxygen atoms in total. The Bertz CT molecular complexity index is 530. The third-order valence-corrected chi connectivity index (χ3v) is 1.75. The van der Waals surface area contributed by atoms with E-state index >= 15 is 0 Å². The molecule has 16 heavy (non-hydrogen) atoms. The Morgan fingerprint density at radius 1 is 1.44 bits per heavy atom. The Kier molecular flexibility index (Phi) is 2.38. The summed E-state index contributed by atoms with van der Waals surface area (Å²) in [5, 5.41) is 27.0. The van der Waals surface area contributed by atoms with Gasteiger partial charge in [-0.05, 0) is 12.1 Å². The van der Waals surface area contributed by atoms with E-state index in [-0.39, 0.29) is 5.82 Å². The largest absolute Gasteiger partial charge is 0.488 e. The van der Waals surface area contributed by atoms with Crippen LogP contribution in [0.5, 0.6) is 5.88 Å².